The zero-order valence-electron chi connectivity index (χ0n) is 11.2. The number of hydrogen-bond acceptors (Lipinski definition) is 4. The first-order valence-electron chi connectivity index (χ1n) is 6.20. The quantitative estimate of drug-likeness (QED) is 0.756. The lowest BCUT2D eigenvalue weighted by molar-refractivity contribution is -0.117. The zero-order chi connectivity index (χ0) is 15.4. The molecule has 0 radical (unpaired) electrons. The van der Waals surface area contributed by atoms with E-state index in [0.717, 1.165) is 0 Å². The Hall–Kier alpha value is -2.54. The van der Waals surface area contributed by atoms with Crippen molar-refractivity contribution in [1.82, 2.24) is 4.98 Å². The van der Waals surface area contributed by atoms with E-state index in [0.29, 0.717) is 17.1 Å². The maximum atomic E-state index is 13.4. The summed E-state index contributed by atoms with van der Waals surface area (Å²) < 4.78 is 26.1. The molecule has 5 nitrogen and oxygen atoms in total. The highest BCUT2D eigenvalue weighted by Crippen LogP contribution is 2.26. The van der Waals surface area contributed by atoms with Crippen LogP contribution in [0.3, 0.4) is 0 Å². The second-order valence-corrected chi connectivity index (χ2v) is 4.46. The van der Waals surface area contributed by atoms with Gasteiger partial charge in [-0.1, -0.05) is 0 Å². The molecule has 0 saturated heterocycles. The molecule has 2 aromatic rings. The number of aromatic nitrogens is 1. The first-order chi connectivity index (χ1) is 9.95. The van der Waals surface area contributed by atoms with Crippen molar-refractivity contribution in [3.63, 3.8) is 0 Å². The van der Waals surface area contributed by atoms with Crippen molar-refractivity contribution >= 4 is 23.0 Å². The minimum Gasteiger partial charge on any atom is -0.352 e. The summed E-state index contributed by atoms with van der Waals surface area (Å²) >= 11 is 0. The van der Waals surface area contributed by atoms with E-state index >= 15 is 0 Å². The van der Waals surface area contributed by atoms with Crippen LogP contribution in [0.5, 0.6) is 0 Å². The minimum atomic E-state index is -0.699. The Kier molecular flexibility index (Phi) is 4.44. The molecule has 2 rings (SSSR count). The fourth-order valence-electron chi connectivity index (χ4n) is 1.58. The number of carbonyl (C=O) groups excluding carboxylic acids is 1. The minimum absolute atomic E-state index is 0.317. The van der Waals surface area contributed by atoms with Gasteiger partial charge >= 0.3 is 0 Å². The van der Waals surface area contributed by atoms with E-state index in [1.54, 1.807) is 0 Å². The van der Waals surface area contributed by atoms with Gasteiger partial charge in [0, 0.05) is 0 Å². The monoisotopic (exact) mass is 292 g/mol. The largest absolute Gasteiger partial charge is 0.352 e. The van der Waals surface area contributed by atoms with Crippen LogP contribution < -0.4 is 16.4 Å². The summed E-state index contributed by atoms with van der Waals surface area (Å²) in [6, 6.07) is 5.75. The second-order valence-electron chi connectivity index (χ2n) is 4.46. The predicted octanol–water partition coefficient (Wildman–Crippen LogP) is 2.39. The van der Waals surface area contributed by atoms with Crippen molar-refractivity contribution < 1.29 is 13.6 Å². The molecule has 21 heavy (non-hydrogen) atoms. The van der Waals surface area contributed by atoms with Gasteiger partial charge in [-0.15, -0.1) is 0 Å². The fraction of sp³-hybridized carbons (Fsp3) is 0.143. The summed E-state index contributed by atoms with van der Waals surface area (Å²) in [7, 11) is 0. The van der Waals surface area contributed by atoms with Gasteiger partial charge in [-0.3, -0.25) is 4.79 Å². The third kappa shape index (κ3) is 3.96. The molecule has 0 aliphatic heterocycles. The Balaban J connectivity index is 2.26. The summed E-state index contributed by atoms with van der Waals surface area (Å²) in [5.74, 6) is -1.50. The Morgan fingerprint density at radius 2 is 2.00 bits per heavy atom. The lowest BCUT2D eigenvalue weighted by atomic mass is 10.2. The topological polar surface area (TPSA) is 80.0 Å². The van der Waals surface area contributed by atoms with E-state index in [1.807, 2.05) is 0 Å². The van der Waals surface area contributed by atoms with Crippen LogP contribution in [0.15, 0.2) is 36.5 Å². The molecule has 0 spiro atoms. The van der Waals surface area contributed by atoms with Crippen molar-refractivity contribution in [3.8, 4) is 0 Å². The standard InChI is InChI=1S/C14H14F2N4O/c1-8(17)14(21)20-11-4-2-9(15)6-12(11)19-10-3-5-13(16)18-7-10/h2-8,19H,17H2,1H3,(H,20,21). The van der Waals surface area contributed by atoms with Gasteiger partial charge in [-0.2, -0.15) is 4.39 Å². The van der Waals surface area contributed by atoms with Gasteiger partial charge in [0.25, 0.3) is 0 Å². The molecule has 7 heteroatoms. The Morgan fingerprint density at radius 1 is 1.24 bits per heavy atom. The van der Waals surface area contributed by atoms with Crippen molar-refractivity contribution in [2.45, 2.75) is 13.0 Å². The van der Waals surface area contributed by atoms with Gasteiger partial charge in [0.2, 0.25) is 11.9 Å². The summed E-state index contributed by atoms with van der Waals surface area (Å²) in [6.45, 7) is 1.54. The van der Waals surface area contributed by atoms with Crippen LogP contribution in [-0.4, -0.2) is 16.9 Å². The maximum Gasteiger partial charge on any atom is 0.241 e. The molecule has 1 aromatic heterocycles. The number of pyridine rings is 1. The summed E-state index contributed by atoms with van der Waals surface area (Å²) in [6.07, 6.45) is 1.26. The van der Waals surface area contributed by atoms with Gasteiger partial charge in [0.15, 0.2) is 0 Å². The first kappa shape index (κ1) is 14.9. The summed E-state index contributed by atoms with van der Waals surface area (Å²) in [5, 5.41) is 5.44. The lowest BCUT2D eigenvalue weighted by Gasteiger charge is -2.14. The normalized spacial score (nSPS) is 11.8. The van der Waals surface area contributed by atoms with Gasteiger partial charge < -0.3 is 16.4 Å². The van der Waals surface area contributed by atoms with Crippen LogP contribution in [0.2, 0.25) is 0 Å². The van der Waals surface area contributed by atoms with E-state index in [-0.39, 0.29) is 0 Å². The average Bonchev–Trinajstić information content (AvgIpc) is 2.44. The number of benzene rings is 1. The van der Waals surface area contributed by atoms with Crippen molar-refractivity contribution in [1.29, 1.82) is 0 Å². The maximum absolute atomic E-state index is 13.4. The van der Waals surface area contributed by atoms with Crippen LogP contribution in [0.1, 0.15) is 6.92 Å². The third-order valence-electron chi connectivity index (χ3n) is 2.66. The average molecular weight is 292 g/mol. The molecular formula is C14H14F2N4O. The molecule has 0 bridgehead atoms. The molecule has 0 aliphatic carbocycles. The summed E-state index contributed by atoms with van der Waals surface area (Å²) in [5.41, 5.74) is 6.61. The molecule has 0 aliphatic rings. The molecule has 1 unspecified atom stereocenters. The van der Waals surface area contributed by atoms with Crippen LogP contribution >= 0.6 is 0 Å². The Morgan fingerprint density at radius 3 is 2.62 bits per heavy atom. The van der Waals surface area contributed by atoms with Crippen molar-refractivity contribution in [2.24, 2.45) is 5.73 Å². The number of nitrogens with one attached hydrogen (secondary N) is 2. The van der Waals surface area contributed by atoms with Crippen molar-refractivity contribution in [2.75, 3.05) is 10.6 Å². The van der Waals surface area contributed by atoms with E-state index in [2.05, 4.69) is 15.6 Å². The molecule has 1 amide bonds. The van der Waals surface area contributed by atoms with E-state index < -0.39 is 23.7 Å². The Labute approximate surface area is 120 Å². The van der Waals surface area contributed by atoms with E-state index in [4.69, 9.17) is 5.73 Å². The van der Waals surface area contributed by atoms with Gasteiger partial charge in [-0.05, 0) is 37.3 Å². The lowest BCUT2D eigenvalue weighted by Crippen LogP contribution is -2.32. The number of anilines is 3. The predicted molar refractivity (Wildman–Crippen MR) is 76.2 cm³/mol. The highest BCUT2D eigenvalue weighted by Gasteiger charge is 2.11. The smallest absolute Gasteiger partial charge is 0.241 e. The number of amides is 1. The zero-order valence-corrected chi connectivity index (χ0v) is 11.2. The summed E-state index contributed by atoms with van der Waals surface area (Å²) in [4.78, 5) is 15.1. The number of nitrogens with zero attached hydrogens (tertiary/aromatic N) is 1. The van der Waals surface area contributed by atoms with Gasteiger partial charge in [-0.25, -0.2) is 9.37 Å². The van der Waals surface area contributed by atoms with Crippen LogP contribution in [0.25, 0.3) is 0 Å². The highest BCUT2D eigenvalue weighted by molar-refractivity contribution is 5.97. The number of carbonyl (C=O) groups is 1. The molecule has 0 fully saturated rings. The molecule has 0 saturated carbocycles. The number of nitrogens with two attached hydrogens (primary N) is 1. The van der Waals surface area contributed by atoms with Crippen LogP contribution in [-0.2, 0) is 4.79 Å². The van der Waals surface area contributed by atoms with Crippen LogP contribution in [0, 0.1) is 11.8 Å². The molecule has 4 N–H and O–H groups in total. The number of halogens is 2. The first-order valence-corrected chi connectivity index (χ1v) is 6.20. The SMILES string of the molecule is CC(N)C(=O)Nc1ccc(F)cc1Nc1ccc(F)nc1. The Bertz CT molecular complexity index is 644. The number of hydrogen-bond donors (Lipinski definition) is 3. The van der Waals surface area contributed by atoms with Crippen molar-refractivity contribution in [3.05, 3.63) is 48.3 Å². The van der Waals surface area contributed by atoms with Gasteiger partial charge in [0.05, 0.1) is 29.3 Å². The van der Waals surface area contributed by atoms with Crippen LogP contribution in [0.4, 0.5) is 25.8 Å². The second kappa shape index (κ2) is 6.27. The third-order valence-corrected chi connectivity index (χ3v) is 2.66. The fourth-order valence-corrected chi connectivity index (χ4v) is 1.58. The molecule has 110 valence electrons. The molecule has 1 aromatic carbocycles. The highest BCUT2D eigenvalue weighted by atomic mass is 19.1. The van der Waals surface area contributed by atoms with E-state index in [1.165, 1.54) is 43.5 Å². The molecule has 1 heterocycles. The molecule has 1 atom stereocenters. The van der Waals surface area contributed by atoms with E-state index in [9.17, 15) is 13.6 Å². The molecular weight excluding hydrogens is 278 g/mol. The number of rotatable bonds is 4. The van der Waals surface area contributed by atoms with Gasteiger partial charge in [0.1, 0.15) is 5.82 Å².